The van der Waals surface area contributed by atoms with Crippen LogP contribution in [0.1, 0.15) is 12.6 Å². The second-order valence-electron chi connectivity index (χ2n) is 8.61. The Kier molecular flexibility index (Phi) is 6.77. The molecule has 0 radical (unpaired) electrons. The normalized spacial score (nSPS) is 13.5. The maximum absolute atomic E-state index is 11.6. The Morgan fingerprint density at radius 3 is 2.50 bits per heavy atom. The first kappa shape index (κ1) is 23.7. The SMILES string of the molecule is CC(=O)N1CCN(c2ccc(Nc3nccc(-c4sc(N(C)c5cccnc5)nc4C)n3)cc2)CC1. The molecule has 0 bridgehead atoms. The van der Waals surface area contributed by atoms with Crippen molar-refractivity contribution in [1.82, 2.24) is 24.8 Å². The lowest BCUT2D eigenvalue weighted by Crippen LogP contribution is -2.48. The van der Waals surface area contributed by atoms with Gasteiger partial charge in [0.2, 0.25) is 11.9 Å². The van der Waals surface area contributed by atoms with Crippen LogP contribution in [0.15, 0.2) is 61.1 Å². The van der Waals surface area contributed by atoms with E-state index in [2.05, 4.69) is 32.3 Å². The maximum Gasteiger partial charge on any atom is 0.227 e. The number of aryl methyl sites for hydroxylation is 1. The third-order valence-corrected chi connectivity index (χ3v) is 7.46. The highest BCUT2D eigenvalue weighted by Gasteiger charge is 2.19. The Hall–Kier alpha value is -4.05. The van der Waals surface area contributed by atoms with E-state index in [1.54, 1.807) is 30.7 Å². The Bertz CT molecular complexity index is 1330. The zero-order chi connectivity index (χ0) is 25.1. The summed E-state index contributed by atoms with van der Waals surface area (Å²) >= 11 is 1.59. The Morgan fingerprint density at radius 2 is 1.81 bits per heavy atom. The quantitative estimate of drug-likeness (QED) is 0.414. The molecule has 10 heteroatoms. The summed E-state index contributed by atoms with van der Waals surface area (Å²) < 4.78 is 0. The summed E-state index contributed by atoms with van der Waals surface area (Å²) in [6.45, 7) is 6.81. The molecule has 4 aromatic rings. The van der Waals surface area contributed by atoms with Crippen molar-refractivity contribution in [3.05, 3.63) is 66.7 Å². The Balaban J connectivity index is 1.28. The molecule has 0 unspecified atom stereocenters. The largest absolute Gasteiger partial charge is 0.368 e. The highest BCUT2D eigenvalue weighted by atomic mass is 32.1. The van der Waals surface area contributed by atoms with Gasteiger partial charge in [-0.15, -0.1) is 0 Å². The molecule has 0 aliphatic carbocycles. The van der Waals surface area contributed by atoms with Crippen molar-refractivity contribution in [2.24, 2.45) is 0 Å². The molecule has 0 spiro atoms. The molecule has 1 amide bonds. The molecule has 3 aromatic heterocycles. The van der Waals surface area contributed by atoms with Gasteiger partial charge in [-0.2, -0.15) is 0 Å². The lowest BCUT2D eigenvalue weighted by Gasteiger charge is -2.35. The van der Waals surface area contributed by atoms with E-state index < -0.39 is 0 Å². The van der Waals surface area contributed by atoms with Crippen molar-refractivity contribution in [3.63, 3.8) is 0 Å². The first-order valence-corrected chi connectivity index (χ1v) is 12.6. The highest BCUT2D eigenvalue weighted by Crippen LogP contribution is 2.36. The summed E-state index contributed by atoms with van der Waals surface area (Å²) in [5, 5.41) is 4.19. The first-order chi connectivity index (χ1) is 17.5. The number of thiazole rings is 1. The number of piperazine rings is 1. The van der Waals surface area contributed by atoms with E-state index in [9.17, 15) is 4.79 Å². The molecule has 0 saturated carbocycles. The summed E-state index contributed by atoms with van der Waals surface area (Å²) in [5.41, 5.74) is 4.78. The number of nitrogens with zero attached hydrogens (tertiary/aromatic N) is 7. The standard InChI is InChI=1S/C26H28N8OS/c1-18-24(36-26(29-18)32(3)22-5-4-11-27-17-22)23-10-12-28-25(31-23)30-20-6-8-21(9-7-20)34-15-13-33(14-16-34)19(2)35/h4-12,17H,13-16H2,1-3H3,(H,28,30,31). The van der Waals surface area contributed by atoms with Crippen LogP contribution in [0.4, 0.5) is 28.1 Å². The zero-order valence-corrected chi connectivity index (χ0v) is 21.4. The van der Waals surface area contributed by atoms with E-state index in [0.717, 1.165) is 64.6 Å². The first-order valence-electron chi connectivity index (χ1n) is 11.8. The average Bonchev–Trinajstić information content (AvgIpc) is 3.31. The summed E-state index contributed by atoms with van der Waals surface area (Å²) in [4.78, 5) is 36.9. The summed E-state index contributed by atoms with van der Waals surface area (Å²) in [5.74, 6) is 0.673. The topological polar surface area (TPSA) is 90.4 Å². The van der Waals surface area contributed by atoms with Gasteiger partial charge in [0.05, 0.1) is 28.1 Å². The number of benzene rings is 1. The monoisotopic (exact) mass is 500 g/mol. The van der Waals surface area contributed by atoms with E-state index in [-0.39, 0.29) is 5.91 Å². The van der Waals surface area contributed by atoms with Crippen molar-refractivity contribution >= 4 is 45.4 Å². The number of carbonyl (C=O) groups excluding carboxylic acids is 1. The number of hydrogen-bond acceptors (Lipinski definition) is 9. The molecule has 184 valence electrons. The molecule has 9 nitrogen and oxygen atoms in total. The van der Waals surface area contributed by atoms with Crippen molar-refractivity contribution in [3.8, 4) is 10.6 Å². The second-order valence-corrected chi connectivity index (χ2v) is 9.59. The molecule has 36 heavy (non-hydrogen) atoms. The van der Waals surface area contributed by atoms with Crippen molar-refractivity contribution in [2.75, 3.05) is 48.3 Å². The molecule has 1 fully saturated rings. The van der Waals surface area contributed by atoms with Crippen LogP contribution in [0.5, 0.6) is 0 Å². The molecule has 1 aromatic carbocycles. The predicted octanol–water partition coefficient (Wildman–Crippen LogP) is 4.48. The molecule has 1 saturated heterocycles. The van der Waals surface area contributed by atoms with Gasteiger partial charge in [0, 0.05) is 63.9 Å². The minimum absolute atomic E-state index is 0.140. The number of aromatic nitrogens is 4. The molecule has 1 aliphatic rings. The second kappa shape index (κ2) is 10.3. The zero-order valence-electron chi connectivity index (χ0n) is 20.5. The van der Waals surface area contributed by atoms with Crippen LogP contribution in [0.25, 0.3) is 10.6 Å². The van der Waals surface area contributed by atoms with Gasteiger partial charge in [0.25, 0.3) is 0 Å². The molecule has 4 heterocycles. The van der Waals surface area contributed by atoms with Crippen LogP contribution in [0, 0.1) is 6.92 Å². The molecular weight excluding hydrogens is 472 g/mol. The fraction of sp³-hybridized carbons (Fsp3) is 0.269. The number of carbonyl (C=O) groups is 1. The molecule has 1 aliphatic heterocycles. The van der Waals surface area contributed by atoms with Crippen LogP contribution < -0.4 is 15.1 Å². The predicted molar refractivity (Wildman–Crippen MR) is 144 cm³/mol. The minimum atomic E-state index is 0.140. The number of nitrogens with one attached hydrogen (secondary N) is 1. The molecule has 1 N–H and O–H groups in total. The third kappa shape index (κ3) is 5.13. The summed E-state index contributed by atoms with van der Waals surface area (Å²) in [6, 6.07) is 14.1. The van der Waals surface area contributed by atoms with E-state index >= 15 is 0 Å². The van der Waals surface area contributed by atoms with Crippen LogP contribution >= 0.6 is 11.3 Å². The van der Waals surface area contributed by atoms with Gasteiger partial charge in [-0.05, 0) is 49.4 Å². The van der Waals surface area contributed by atoms with Crippen LogP contribution in [-0.2, 0) is 4.79 Å². The van der Waals surface area contributed by atoms with Gasteiger partial charge < -0.3 is 20.0 Å². The lowest BCUT2D eigenvalue weighted by atomic mass is 10.2. The maximum atomic E-state index is 11.6. The van der Waals surface area contributed by atoms with Crippen LogP contribution in [-0.4, -0.2) is 64.0 Å². The highest BCUT2D eigenvalue weighted by molar-refractivity contribution is 7.19. The Labute approximate surface area is 214 Å². The fourth-order valence-corrected chi connectivity index (χ4v) is 5.15. The van der Waals surface area contributed by atoms with Gasteiger partial charge in [-0.25, -0.2) is 15.0 Å². The van der Waals surface area contributed by atoms with Crippen LogP contribution in [0.3, 0.4) is 0 Å². The van der Waals surface area contributed by atoms with Crippen molar-refractivity contribution in [1.29, 1.82) is 0 Å². The van der Waals surface area contributed by atoms with Gasteiger partial charge in [0.15, 0.2) is 5.13 Å². The molecular formula is C26H28N8OS. The smallest absolute Gasteiger partial charge is 0.227 e. The number of anilines is 5. The van der Waals surface area contributed by atoms with Gasteiger partial charge in [-0.1, -0.05) is 11.3 Å². The molecule has 5 rings (SSSR count). The van der Waals surface area contributed by atoms with Crippen molar-refractivity contribution in [2.45, 2.75) is 13.8 Å². The number of hydrogen-bond donors (Lipinski definition) is 1. The minimum Gasteiger partial charge on any atom is -0.368 e. The van der Waals surface area contributed by atoms with Crippen LogP contribution in [0.2, 0.25) is 0 Å². The van der Waals surface area contributed by atoms with Crippen molar-refractivity contribution < 1.29 is 4.79 Å². The number of amides is 1. The average molecular weight is 501 g/mol. The number of pyridine rings is 1. The summed E-state index contributed by atoms with van der Waals surface area (Å²) in [6.07, 6.45) is 5.34. The van der Waals surface area contributed by atoms with E-state index in [4.69, 9.17) is 9.97 Å². The van der Waals surface area contributed by atoms with Gasteiger partial charge in [-0.3, -0.25) is 9.78 Å². The summed E-state index contributed by atoms with van der Waals surface area (Å²) in [7, 11) is 1.99. The van der Waals surface area contributed by atoms with Gasteiger partial charge >= 0.3 is 0 Å². The fourth-order valence-electron chi connectivity index (χ4n) is 4.14. The van der Waals surface area contributed by atoms with Gasteiger partial charge in [0.1, 0.15) is 0 Å². The lowest BCUT2D eigenvalue weighted by molar-refractivity contribution is -0.129. The van der Waals surface area contributed by atoms with E-state index in [1.807, 2.05) is 60.3 Å². The molecule has 0 atom stereocenters. The third-order valence-electron chi connectivity index (χ3n) is 6.21. The Morgan fingerprint density at radius 1 is 1.03 bits per heavy atom. The van der Waals surface area contributed by atoms with E-state index in [1.165, 1.54) is 0 Å². The van der Waals surface area contributed by atoms with E-state index in [0.29, 0.717) is 5.95 Å². The number of rotatable bonds is 6.